The van der Waals surface area contributed by atoms with Crippen LogP contribution in [0.25, 0.3) is 0 Å². The molecule has 0 radical (unpaired) electrons. The highest BCUT2D eigenvalue weighted by Gasteiger charge is 2.68. The lowest BCUT2D eigenvalue weighted by Crippen LogP contribution is -2.61. The Balaban J connectivity index is 1.71. The van der Waals surface area contributed by atoms with Crippen LogP contribution in [0.15, 0.2) is 0 Å². The van der Waals surface area contributed by atoms with E-state index >= 15 is 0 Å². The van der Waals surface area contributed by atoms with Gasteiger partial charge >= 0.3 is 0 Å². The Kier molecular flexibility index (Phi) is 3.81. The largest absolute Gasteiger partial charge is 0.393 e. The molecule has 8 atom stereocenters. The van der Waals surface area contributed by atoms with Gasteiger partial charge in [0.1, 0.15) is 11.4 Å². The molecular weight excluding hydrogens is 316 g/mol. The zero-order chi connectivity index (χ0) is 18.2. The van der Waals surface area contributed by atoms with Crippen LogP contribution in [-0.4, -0.2) is 33.5 Å². The molecular formula is C21H32O4. The molecule has 4 rings (SSSR count). The van der Waals surface area contributed by atoms with Crippen molar-refractivity contribution in [2.24, 2.45) is 34.5 Å². The maximum atomic E-state index is 13.3. The molecule has 0 aromatic rings. The second-order valence-electron chi connectivity index (χ2n) is 9.97. The van der Waals surface area contributed by atoms with Gasteiger partial charge in [-0.15, -0.1) is 0 Å². The number of carbonyl (C=O) groups is 2. The van der Waals surface area contributed by atoms with Crippen molar-refractivity contribution in [3.05, 3.63) is 0 Å². The quantitative estimate of drug-likeness (QED) is 0.764. The van der Waals surface area contributed by atoms with Crippen LogP contribution in [0.1, 0.15) is 72.1 Å². The topological polar surface area (TPSA) is 74.6 Å². The lowest BCUT2D eigenvalue weighted by atomic mass is 9.44. The first-order chi connectivity index (χ1) is 11.6. The van der Waals surface area contributed by atoms with Gasteiger partial charge in [-0.1, -0.05) is 13.8 Å². The van der Waals surface area contributed by atoms with Crippen LogP contribution in [0, 0.1) is 34.5 Å². The number of aliphatic hydroxyl groups is 2. The van der Waals surface area contributed by atoms with E-state index in [4.69, 9.17) is 0 Å². The SMILES string of the molecule is CC(=O)[C@@]1(O)CC[C@@H]2[C@@H]3CC[C@H]4C[C@H](O)CC[C@]4(C)[C@H]3C(=O)C[C@@]21C. The fourth-order valence-corrected chi connectivity index (χ4v) is 7.63. The summed E-state index contributed by atoms with van der Waals surface area (Å²) in [6.45, 7) is 5.73. The van der Waals surface area contributed by atoms with Crippen LogP contribution in [0.4, 0.5) is 0 Å². The number of hydrogen-bond donors (Lipinski definition) is 2. The van der Waals surface area contributed by atoms with E-state index < -0.39 is 11.0 Å². The summed E-state index contributed by atoms with van der Waals surface area (Å²) in [5.74, 6) is 1.10. The highest BCUT2D eigenvalue weighted by molar-refractivity contribution is 5.90. The Labute approximate surface area is 150 Å². The summed E-state index contributed by atoms with van der Waals surface area (Å²) in [6, 6.07) is 0. The zero-order valence-corrected chi connectivity index (χ0v) is 15.8. The maximum Gasteiger partial charge on any atom is 0.161 e. The molecule has 0 spiro atoms. The molecule has 0 unspecified atom stereocenters. The smallest absolute Gasteiger partial charge is 0.161 e. The fraction of sp³-hybridized carbons (Fsp3) is 0.905. The second-order valence-corrected chi connectivity index (χ2v) is 9.97. The highest BCUT2D eigenvalue weighted by atomic mass is 16.3. The number of Topliss-reactive ketones (excluding diaryl/α,β-unsaturated/α-hetero) is 2. The van der Waals surface area contributed by atoms with E-state index in [1.165, 1.54) is 6.92 Å². The molecule has 0 aromatic carbocycles. The number of ketones is 2. The molecule has 0 bridgehead atoms. The van der Waals surface area contributed by atoms with Gasteiger partial charge in [-0.2, -0.15) is 0 Å². The van der Waals surface area contributed by atoms with Gasteiger partial charge < -0.3 is 10.2 Å². The van der Waals surface area contributed by atoms with E-state index in [0.717, 1.165) is 38.5 Å². The van der Waals surface area contributed by atoms with Gasteiger partial charge in [-0.05, 0) is 75.0 Å². The van der Waals surface area contributed by atoms with Crippen LogP contribution in [0.2, 0.25) is 0 Å². The molecule has 4 saturated carbocycles. The Morgan fingerprint density at radius 3 is 2.52 bits per heavy atom. The molecule has 0 heterocycles. The summed E-state index contributed by atoms with van der Waals surface area (Å²) in [5.41, 5.74) is -1.95. The van der Waals surface area contributed by atoms with Crippen LogP contribution < -0.4 is 0 Å². The minimum atomic E-state index is -1.33. The Morgan fingerprint density at radius 1 is 1.12 bits per heavy atom. The predicted molar refractivity (Wildman–Crippen MR) is 93.8 cm³/mol. The number of hydrogen-bond acceptors (Lipinski definition) is 4. The van der Waals surface area contributed by atoms with E-state index in [9.17, 15) is 19.8 Å². The third-order valence-electron chi connectivity index (χ3n) is 9.06. The van der Waals surface area contributed by atoms with E-state index in [2.05, 4.69) is 6.92 Å². The van der Waals surface area contributed by atoms with Crippen molar-refractivity contribution in [3.8, 4) is 0 Å². The van der Waals surface area contributed by atoms with E-state index in [0.29, 0.717) is 18.8 Å². The van der Waals surface area contributed by atoms with Crippen molar-refractivity contribution in [2.75, 3.05) is 0 Å². The van der Waals surface area contributed by atoms with Crippen molar-refractivity contribution in [1.82, 2.24) is 0 Å². The third kappa shape index (κ3) is 2.13. The molecule has 4 heteroatoms. The van der Waals surface area contributed by atoms with Crippen molar-refractivity contribution in [1.29, 1.82) is 0 Å². The summed E-state index contributed by atoms with van der Waals surface area (Å²) in [5, 5.41) is 21.2. The molecule has 25 heavy (non-hydrogen) atoms. The van der Waals surface area contributed by atoms with Crippen LogP contribution in [-0.2, 0) is 9.59 Å². The summed E-state index contributed by atoms with van der Waals surface area (Å²) in [7, 11) is 0. The van der Waals surface area contributed by atoms with E-state index in [1.54, 1.807) is 0 Å². The minimum Gasteiger partial charge on any atom is -0.393 e. The second kappa shape index (κ2) is 5.39. The average Bonchev–Trinajstić information content (AvgIpc) is 2.80. The van der Waals surface area contributed by atoms with Crippen molar-refractivity contribution in [2.45, 2.75) is 83.8 Å². The van der Waals surface area contributed by atoms with Gasteiger partial charge in [0.2, 0.25) is 0 Å². The number of rotatable bonds is 1. The van der Waals surface area contributed by atoms with Gasteiger partial charge in [0.15, 0.2) is 5.78 Å². The summed E-state index contributed by atoms with van der Waals surface area (Å²) < 4.78 is 0. The van der Waals surface area contributed by atoms with Crippen molar-refractivity contribution < 1.29 is 19.8 Å². The van der Waals surface area contributed by atoms with E-state index in [-0.39, 0.29) is 40.8 Å². The van der Waals surface area contributed by atoms with Gasteiger partial charge in [0, 0.05) is 17.8 Å². The Bertz CT molecular complexity index is 615. The lowest BCUT2D eigenvalue weighted by molar-refractivity contribution is -0.178. The summed E-state index contributed by atoms with van der Waals surface area (Å²) in [4.78, 5) is 25.6. The van der Waals surface area contributed by atoms with Crippen LogP contribution >= 0.6 is 0 Å². The van der Waals surface area contributed by atoms with Crippen molar-refractivity contribution in [3.63, 3.8) is 0 Å². The fourth-order valence-electron chi connectivity index (χ4n) is 7.63. The van der Waals surface area contributed by atoms with Crippen molar-refractivity contribution >= 4 is 11.6 Å². The Hall–Kier alpha value is -0.740. The molecule has 0 aliphatic heterocycles. The molecule has 0 amide bonds. The zero-order valence-electron chi connectivity index (χ0n) is 15.8. The van der Waals surface area contributed by atoms with Crippen LogP contribution in [0.5, 0.6) is 0 Å². The van der Waals surface area contributed by atoms with E-state index in [1.807, 2.05) is 6.92 Å². The molecule has 2 N–H and O–H groups in total. The summed E-state index contributed by atoms with van der Waals surface area (Å²) >= 11 is 0. The number of carbonyl (C=O) groups excluding carboxylic acids is 2. The number of aliphatic hydroxyl groups excluding tert-OH is 1. The average molecular weight is 348 g/mol. The monoisotopic (exact) mass is 348 g/mol. The molecule has 4 fully saturated rings. The Morgan fingerprint density at radius 2 is 1.84 bits per heavy atom. The molecule has 4 aliphatic rings. The van der Waals surface area contributed by atoms with Gasteiger partial charge in [0.05, 0.1) is 6.10 Å². The lowest BCUT2D eigenvalue weighted by Gasteiger charge is -2.60. The van der Waals surface area contributed by atoms with Gasteiger partial charge in [-0.25, -0.2) is 0 Å². The minimum absolute atomic E-state index is 0.0164. The molecule has 4 aliphatic carbocycles. The molecule has 0 saturated heterocycles. The first kappa shape index (κ1) is 17.7. The first-order valence-corrected chi connectivity index (χ1v) is 10.1. The first-order valence-electron chi connectivity index (χ1n) is 10.1. The van der Waals surface area contributed by atoms with Crippen LogP contribution in [0.3, 0.4) is 0 Å². The summed E-state index contributed by atoms with van der Waals surface area (Å²) in [6.07, 6.45) is 6.07. The predicted octanol–water partition coefficient (Wildman–Crippen LogP) is 2.89. The molecule has 0 aromatic heterocycles. The highest BCUT2D eigenvalue weighted by Crippen LogP contribution is 2.67. The third-order valence-corrected chi connectivity index (χ3v) is 9.06. The van der Waals surface area contributed by atoms with Gasteiger partial charge in [0.25, 0.3) is 0 Å². The standard InChI is InChI=1S/C21H32O4/c1-12(22)21(25)9-7-16-15-5-4-13-10-14(23)6-8-19(13,2)18(15)17(24)11-20(16,21)3/h13-16,18,23,25H,4-11H2,1-3H3/t13-,14+,15-,16+,18+,19-,20-,21-/m0/s1. The normalized spacial score (nSPS) is 55.2. The van der Waals surface area contributed by atoms with Gasteiger partial charge in [-0.3, -0.25) is 9.59 Å². The maximum absolute atomic E-state index is 13.3. The number of fused-ring (bicyclic) bond motifs is 5. The molecule has 140 valence electrons. The molecule has 4 nitrogen and oxygen atoms in total.